The summed E-state index contributed by atoms with van der Waals surface area (Å²) in [6.45, 7) is 0. The van der Waals surface area contributed by atoms with Crippen LogP contribution in [0, 0.1) is 5.82 Å². The fourth-order valence-electron chi connectivity index (χ4n) is 1.97. The van der Waals surface area contributed by atoms with Gasteiger partial charge in [-0.25, -0.2) is 9.37 Å². The zero-order valence-electron chi connectivity index (χ0n) is 9.27. The van der Waals surface area contributed by atoms with Gasteiger partial charge in [-0.1, -0.05) is 23.7 Å². The zero-order chi connectivity index (χ0) is 12.7. The van der Waals surface area contributed by atoms with Gasteiger partial charge in [0.05, 0.1) is 11.2 Å². The molecule has 18 heavy (non-hydrogen) atoms. The van der Waals surface area contributed by atoms with E-state index in [-0.39, 0.29) is 17.3 Å². The zero-order valence-corrected chi connectivity index (χ0v) is 10.0. The monoisotopic (exact) mass is 261 g/mol. The molecule has 0 aliphatic carbocycles. The molecule has 2 aromatic carbocycles. The summed E-state index contributed by atoms with van der Waals surface area (Å²) in [6, 6.07) is 11.9. The summed E-state index contributed by atoms with van der Waals surface area (Å²) >= 11 is 5.95. The highest BCUT2D eigenvalue weighted by molar-refractivity contribution is 6.30. The van der Waals surface area contributed by atoms with Crippen LogP contribution >= 0.6 is 11.6 Å². The Morgan fingerprint density at radius 2 is 1.94 bits per heavy atom. The van der Waals surface area contributed by atoms with Crippen LogP contribution in [-0.2, 0) is 0 Å². The second-order valence-electron chi connectivity index (χ2n) is 3.89. The molecule has 3 nitrogen and oxygen atoms in total. The molecule has 0 amide bonds. The molecule has 3 aromatic rings. The van der Waals surface area contributed by atoms with Crippen LogP contribution in [0.5, 0.6) is 0 Å². The number of benzene rings is 2. The molecule has 0 radical (unpaired) electrons. The van der Waals surface area contributed by atoms with Crippen LogP contribution in [0.3, 0.4) is 0 Å². The number of halogens is 2. The highest BCUT2D eigenvalue weighted by Crippen LogP contribution is 2.25. The predicted molar refractivity (Wildman–Crippen MR) is 70.5 cm³/mol. The minimum atomic E-state index is -0.389. The molecule has 0 fully saturated rings. The molecule has 0 saturated heterocycles. The van der Waals surface area contributed by atoms with Gasteiger partial charge in [0, 0.05) is 5.02 Å². The Labute approximate surface area is 108 Å². The molecular weight excluding hydrogens is 253 g/mol. The molecule has 5 heteroatoms. The van der Waals surface area contributed by atoms with E-state index in [2.05, 4.69) is 4.98 Å². The number of nitrogens with zero attached hydrogens (tertiary/aromatic N) is 2. The highest BCUT2D eigenvalue weighted by Gasteiger charge is 2.12. The van der Waals surface area contributed by atoms with E-state index in [9.17, 15) is 4.39 Å². The van der Waals surface area contributed by atoms with Gasteiger partial charge in [0.2, 0.25) is 5.95 Å². The van der Waals surface area contributed by atoms with Gasteiger partial charge in [-0.2, -0.15) is 0 Å². The third-order valence-electron chi connectivity index (χ3n) is 2.73. The number of nitrogens with two attached hydrogens (primary N) is 1. The summed E-state index contributed by atoms with van der Waals surface area (Å²) in [5.41, 5.74) is 7.48. The first kappa shape index (κ1) is 11.0. The Bertz CT molecular complexity index is 736. The van der Waals surface area contributed by atoms with E-state index in [1.807, 2.05) is 12.1 Å². The first-order chi connectivity index (χ1) is 8.66. The van der Waals surface area contributed by atoms with Gasteiger partial charge in [0.25, 0.3) is 0 Å². The summed E-state index contributed by atoms with van der Waals surface area (Å²) in [7, 11) is 0. The topological polar surface area (TPSA) is 43.8 Å². The number of para-hydroxylation sites is 1. The number of nitrogen functional groups attached to an aromatic ring is 1. The highest BCUT2D eigenvalue weighted by atomic mass is 35.5. The quantitative estimate of drug-likeness (QED) is 0.730. The van der Waals surface area contributed by atoms with Crippen LogP contribution in [0.25, 0.3) is 16.7 Å². The van der Waals surface area contributed by atoms with Crippen molar-refractivity contribution in [1.82, 2.24) is 9.55 Å². The van der Waals surface area contributed by atoms with E-state index in [0.717, 1.165) is 5.69 Å². The largest absolute Gasteiger partial charge is 0.369 e. The van der Waals surface area contributed by atoms with E-state index in [1.165, 1.54) is 6.07 Å². The summed E-state index contributed by atoms with van der Waals surface area (Å²) in [4.78, 5) is 4.04. The number of fused-ring (bicyclic) bond motifs is 1. The minimum absolute atomic E-state index is 0.234. The standard InChI is InChI=1S/C13H9ClFN3/c14-8-3-1-4-9(7-8)18-11-6-2-5-10(15)12(11)17-13(18)16/h1-7H,(H2,16,17). The number of hydrogen-bond acceptors (Lipinski definition) is 2. The van der Waals surface area contributed by atoms with Crippen molar-refractivity contribution in [2.75, 3.05) is 5.73 Å². The summed E-state index contributed by atoms with van der Waals surface area (Å²) in [6.07, 6.45) is 0. The maximum absolute atomic E-state index is 13.6. The van der Waals surface area contributed by atoms with Gasteiger partial charge in [0.15, 0.2) is 5.82 Å². The van der Waals surface area contributed by atoms with Crippen molar-refractivity contribution in [3.63, 3.8) is 0 Å². The fourth-order valence-corrected chi connectivity index (χ4v) is 2.15. The Morgan fingerprint density at radius 1 is 1.17 bits per heavy atom. The van der Waals surface area contributed by atoms with Gasteiger partial charge in [-0.05, 0) is 30.3 Å². The first-order valence-electron chi connectivity index (χ1n) is 5.35. The first-order valence-corrected chi connectivity index (χ1v) is 5.73. The molecule has 1 aromatic heterocycles. The van der Waals surface area contributed by atoms with E-state index in [0.29, 0.717) is 10.5 Å². The lowest BCUT2D eigenvalue weighted by Gasteiger charge is -2.06. The SMILES string of the molecule is Nc1nc2c(F)cccc2n1-c1cccc(Cl)c1. The van der Waals surface area contributed by atoms with Gasteiger partial charge in [0.1, 0.15) is 5.52 Å². The Kier molecular flexibility index (Phi) is 2.45. The van der Waals surface area contributed by atoms with Crippen molar-refractivity contribution in [2.24, 2.45) is 0 Å². The third-order valence-corrected chi connectivity index (χ3v) is 2.96. The maximum Gasteiger partial charge on any atom is 0.206 e. The molecule has 90 valence electrons. The van der Waals surface area contributed by atoms with Crippen LogP contribution < -0.4 is 5.73 Å². The molecule has 0 unspecified atom stereocenters. The molecular formula is C13H9ClFN3. The van der Waals surface area contributed by atoms with Gasteiger partial charge in [-0.15, -0.1) is 0 Å². The van der Waals surface area contributed by atoms with Crippen molar-refractivity contribution in [3.05, 3.63) is 53.3 Å². The summed E-state index contributed by atoms with van der Waals surface area (Å²) < 4.78 is 15.3. The molecule has 0 atom stereocenters. The van der Waals surface area contributed by atoms with Crippen LogP contribution in [0.15, 0.2) is 42.5 Å². The molecule has 0 bridgehead atoms. The number of hydrogen-bond donors (Lipinski definition) is 1. The fraction of sp³-hybridized carbons (Fsp3) is 0. The van der Waals surface area contributed by atoms with E-state index < -0.39 is 0 Å². The van der Waals surface area contributed by atoms with E-state index in [1.54, 1.807) is 28.8 Å². The average molecular weight is 262 g/mol. The van der Waals surface area contributed by atoms with Gasteiger partial charge >= 0.3 is 0 Å². The van der Waals surface area contributed by atoms with Gasteiger partial charge in [-0.3, -0.25) is 4.57 Å². The van der Waals surface area contributed by atoms with Crippen molar-refractivity contribution >= 4 is 28.6 Å². The number of rotatable bonds is 1. The molecule has 3 rings (SSSR count). The molecule has 0 spiro atoms. The second-order valence-corrected chi connectivity index (χ2v) is 4.33. The predicted octanol–water partition coefficient (Wildman–Crippen LogP) is 3.40. The molecule has 0 saturated carbocycles. The smallest absolute Gasteiger partial charge is 0.206 e. The van der Waals surface area contributed by atoms with Crippen LogP contribution in [0.1, 0.15) is 0 Å². The average Bonchev–Trinajstić information content (AvgIpc) is 2.67. The maximum atomic E-state index is 13.6. The lowest BCUT2D eigenvalue weighted by atomic mass is 10.2. The van der Waals surface area contributed by atoms with Gasteiger partial charge < -0.3 is 5.73 Å². The van der Waals surface area contributed by atoms with Crippen molar-refractivity contribution < 1.29 is 4.39 Å². The van der Waals surface area contributed by atoms with Crippen molar-refractivity contribution in [1.29, 1.82) is 0 Å². The summed E-state index contributed by atoms with van der Waals surface area (Å²) in [5, 5.41) is 0.588. The van der Waals surface area contributed by atoms with Crippen molar-refractivity contribution in [2.45, 2.75) is 0 Å². The van der Waals surface area contributed by atoms with Crippen molar-refractivity contribution in [3.8, 4) is 5.69 Å². The number of anilines is 1. The van der Waals surface area contributed by atoms with Crippen LogP contribution in [0.2, 0.25) is 5.02 Å². The minimum Gasteiger partial charge on any atom is -0.369 e. The summed E-state index contributed by atoms with van der Waals surface area (Å²) in [5.74, 6) is -0.155. The Morgan fingerprint density at radius 3 is 2.72 bits per heavy atom. The second kappa shape index (κ2) is 3.99. The lowest BCUT2D eigenvalue weighted by Crippen LogP contribution is -2.00. The normalized spacial score (nSPS) is 11.0. The lowest BCUT2D eigenvalue weighted by molar-refractivity contribution is 0.637. The Balaban J connectivity index is 2.36. The molecule has 1 heterocycles. The molecule has 0 aliphatic rings. The van der Waals surface area contributed by atoms with E-state index >= 15 is 0 Å². The number of imidazole rings is 1. The Hall–Kier alpha value is -2.07. The number of aromatic nitrogens is 2. The van der Waals surface area contributed by atoms with E-state index in [4.69, 9.17) is 17.3 Å². The van der Waals surface area contributed by atoms with Crippen LogP contribution in [-0.4, -0.2) is 9.55 Å². The molecule has 0 aliphatic heterocycles. The van der Waals surface area contributed by atoms with Crippen LogP contribution in [0.4, 0.5) is 10.3 Å². The third kappa shape index (κ3) is 1.62. The molecule has 2 N–H and O–H groups in total.